The largest absolute Gasteiger partial charge is 0.438 e. The number of nitrogens with one attached hydrogen (secondary N) is 1. The maximum absolute atomic E-state index is 13.7. The first-order valence-corrected chi connectivity index (χ1v) is 12.7. The number of ether oxygens (including phenoxy) is 1. The summed E-state index contributed by atoms with van der Waals surface area (Å²) in [5.41, 5.74) is 2.29. The topological polar surface area (TPSA) is 79.0 Å². The van der Waals surface area contributed by atoms with Crippen LogP contribution >= 0.6 is 11.3 Å². The zero-order valence-corrected chi connectivity index (χ0v) is 20.1. The van der Waals surface area contributed by atoms with Crippen molar-refractivity contribution in [3.05, 3.63) is 88.1 Å². The van der Waals surface area contributed by atoms with Crippen LogP contribution in [0.3, 0.4) is 0 Å². The number of benzene rings is 2. The molecule has 2 fully saturated rings. The number of hydrogen-bond donors (Lipinski definition) is 1. The van der Waals surface area contributed by atoms with Gasteiger partial charge in [-0.05, 0) is 54.0 Å². The van der Waals surface area contributed by atoms with E-state index in [1.54, 1.807) is 23.1 Å². The molecule has 0 bridgehead atoms. The summed E-state index contributed by atoms with van der Waals surface area (Å²) in [6.45, 7) is 1.70. The summed E-state index contributed by atoms with van der Waals surface area (Å²) in [4.78, 5) is 43.0. The van der Waals surface area contributed by atoms with Crippen molar-refractivity contribution in [1.82, 2.24) is 9.80 Å². The molecule has 8 heteroatoms. The number of rotatable bonds is 6. The highest BCUT2D eigenvalue weighted by Crippen LogP contribution is 2.36. The maximum Gasteiger partial charge on any atom is 0.411 e. The van der Waals surface area contributed by atoms with Crippen LogP contribution in [0, 0.1) is 0 Å². The lowest BCUT2D eigenvalue weighted by Crippen LogP contribution is -2.49. The van der Waals surface area contributed by atoms with Crippen LogP contribution in [0.25, 0.3) is 0 Å². The van der Waals surface area contributed by atoms with E-state index >= 15 is 0 Å². The second-order valence-corrected chi connectivity index (χ2v) is 9.75. The molecular formula is C27H27N3O4S. The highest BCUT2D eigenvalue weighted by Gasteiger charge is 2.48. The lowest BCUT2D eigenvalue weighted by atomic mass is 9.99. The lowest BCUT2D eigenvalue weighted by Gasteiger charge is -2.33. The fourth-order valence-electron chi connectivity index (χ4n) is 4.63. The monoisotopic (exact) mass is 489 g/mol. The Bertz CT molecular complexity index is 1170. The van der Waals surface area contributed by atoms with Gasteiger partial charge >= 0.3 is 6.09 Å². The number of carbonyl (C=O) groups excluding carboxylic acids is 3. The summed E-state index contributed by atoms with van der Waals surface area (Å²) >= 11 is 1.37. The molecule has 2 aliphatic heterocycles. The predicted octanol–water partition coefficient (Wildman–Crippen LogP) is 5.08. The number of likely N-dealkylation sites (tertiary alicyclic amines) is 1. The van der Waals surface area contributed by atoms with Gasteiger partial charge < -0.3 is 15.0 Å². The van der Waals surface area contributed by atoms with Crippen LogP contribution in [-0.4, -0.2) is 46.8 Å². The van der Waals surface area contributed by atoms with E-state index in [4.69, 9.17) is 4.74 Å². The van der Waals surface area contributed by atoms with Crippen molar-refractivity contribution in [2.45, 2.75) is 38.0 Å². The fraction of sp³-hybridized carbons (Fsp3) is 0.296. The molecule has 3 amide bonds. The van der Waals surface area contributed by atoms with Crippen LogP contribution in [0.2, 0.25) is 0 Å². The molecule has 2 aromatic carbocycles. The first kappa shape index (κ1) is 23.1. The van der Waals surface area contributed by atoms with Crippen LogP contribution in [0.5, 0.6) is 0 Å². The van der Waals surface area contributed by atoms with E-state index in [-0.39, 0.29) is 11.8 Å². The lowest BCUT2D eigenvalue weighted by molar-refractivity contribution is -0.137. The predicted molar refractivity (Wildman–Crippen MR) is 134 cm³/mol. The van der Waals surface area contributed by atoms with Gasteiger partial charge in [-0.1, -0.05) is 48.5 Å². The minimum absolute atomic E-state index is 0.0773. The normalized spacial score (nSPS) is 19.9. The summed E-state index contributed by atoms with van der Waals surface area (Å²) in [7, 11) is 0. The Balaban J connectivity index is 1.39. The van der Waals surface area contributed by atoms with Gasteiger partial charge in [0.05, 0.1) is 11.4 Å². The summed E-state index contributed by atoms with van der Waals surface area (Å²) < 4.78 is 5.79. The van der Waals surface area contributed by atoms with Crippen LogP contribution in [0.1, 0.15) is 46.2 Å². The Kier molecular flexibility index (Phi) is 6.81. The van der Waals surface area contributed by atoms with Crippen molar-refractivity contribution in [3.8, 4) is 0 Å². The Labute approximate surface area is 208 Å². The van der Waals surface area contributed by atoms with E-state index in [0.29, 0.717) is 30.2 Å². The molecule has 2 aliphatic rings. The Morgan fingerprint density at radius 3 is 2.37 bits per heavy atom. The van der Waals surface area contributed by atoms with Gasteiger partial charge in [0.25, 0.3) is 5.91 Å². The molecular weight excluding hydrogens is 462 g/mol. The van der Waals surface area contributed by atoms with Gasteiger partial charge in [0.15, 0.2) is 12.1 Å². The number of amides is 3. The van der Waals surface area contributed by atoms with Crippen molar-refractivity contribution in [1.29, 1.82) is 0 Å². The first-order valence-electron chi connectivity index (χ1n) is 11.8. The molecule has 7 nitrogen and oxygen atoms in total. The van der Waals surface area contributed by atoms with Crippen LogP contribution in [-0.2, 0) is 16.1 Å². The van der Waals surface area contributed by atoms with Crippen molar-refractivity contribution in [2.24, 2.45) is 0 Å². The van der Waals surface area contributed by atoms with E-state index in [1.807, 2.05) is 58.8 Å². The number of carbonyl (C=O) groups is 3. The van der Waals surface area contributed by atoms with Crippen molar-refractivity contribution in [3.63, 3.8) is 0 Å². The van der Waals surface area contributed by atoms with E-state index in [2.05, 4.69) is 5.32 Å². The Morgan fingerprint density at radius 2 is 1.69 bits per heavy atom. The van der Waals surface area contributed by atoms with Crippen molar-refractivity contribution >= 4 is 34.9 Å². The van der Waals surface area contributed by atoms with Crippen LogP contribution in [0.4, 0.5) is 10.5 Å². The zero-order valence-electron chi connectivity index (χ0n) is 19.3. The van der Waals surface area contributed by atoms with Gasteiger partial charge in [-0.2, -0.15) is 0 Å². The van der Waals surface area contributed by atoms with Gasteiger partial charge in [0.1, 0.15) is 0 Å². The minimum atomic E-state index is -0.743. The quantitative estimate of drug-likeness (QED) is 0.524. The molecule has 3 heterocycles. The highest BCUT2D eigenvalue weighted by molar-refractivity contribution is 7.12. The second-order valence-electron chi connectivity index (χ2n) is 8.80. The molecule has 1 N–H and O–H groups in total. The zero-order chi connectivity index (χ0) is 24.2. The third-order valence-electron chi connectivity index (χ3n) is 6.44. The third-order valence-corrected chi connectivity index (χ3v) is 7.31. The average Bonchev–Trinajstić information content (AvgIpc) is 3.54. The molecule has 2 atom stereocenters. The molecule has 35 heavy (non-hydrogen) atoms. The standard InChI is InChI=1S/C27H27N3O4S/c31-25(22-10-7-17-35-22)28-21-13-11-20(12-14-21)24-23(26(32)29-15-5-2-6-16-29)30(27(33)34-24)18-19-8-3-1-4-9-19/h1,3-4,7-14,17,23-24H,2,5-6,15-16,18H2,(H,28,31)/t23-,24+/m0/s1. The third kappa shape index (κ3) is 5.07. The number of nitrogens with zero attached hydrogens (tertiary/aromatic N) is 2. The van der Waals surface area contributed by atoms with E-state index in [1.165, 1.54) is 11.3 Å². The number of anilines is 1. The van der Waals surface area contributed by atoms with E-state index in [0.717, 1.165) is 30.4 Å². The summed E-state index contributed by atoms with van der Waals surface area (Å²) in [5, 5.41) is 4.73. The fourth-order valence-corrected chi connectivity index (χ4v) is 5.25. The summed E-state index contributed by atoms with van der Waals surface area (Å²) in [5.74, 6) is -0.251. The molecule has 1 aromatic heterocycles. The van der Waals surface area contributed by atoms with Crippen molar-refractivity contribution in [2.75, 3.05) is 18.4 Å². The average molecular weight is 490 g/mol. The molecule has 0 saturated carbocycles. The number of hydrogen-bond acceptors (Lipinski definition) is 5. The van der Waals surface area contributed by atoms with Gasteiger partial charge in [-0.3, -0.25) is 14.5 Å². The molecule has 0 unspecified atom stereocenters. The molecule has 3 aromatic rings. The van der Waals surface area contributed by atoms with Crippen LogP contribution in [0.15, 0.2) is 72.1 Å². The maximum atomic E-state index is 13.7. The smallest absolute Gasteiger partial charge is 0.411 e. The van der Waals surface area contributed by atoms with Gasteiger partial charge in [-0.15, -0.1) is 11.3 Å². The SMILES string of the molecule is O=C(Nc1ccc([C@H]2OC(=O)N(Cc3ccccc3)[C@@H]2C(=O)N2CCCCC2)cc1)c1cccs1. The molecule has 2 saturated heterocycles. The molecule has 0 spiro atoms. The van der Waals surface area contributed by atoms with Gasteiger partial charge in [0.2, 0.25) is 5.91 Å². The second kappa shape index (κ2) is 10.3. The molecule has 5 rings (SSSR count). The summed E-state index contributed by atoms with van der Waals surface area (Å²) in [6.07, 6.45) is 1.83. The minimum Gasteiger partial charge on any atom is -0.438 e. The molecule has 0 radical (unpaired) electrons. The highest BCUT2D eigenvalue weighted by atomic mass is 32.1. The van der Waals surface area contributed by atoms with Crippen molar-refractivity contribution < 1.29 is 19.1 Å². The number of cyclic esters (lactones) is 1. The molecule has 180 valence electrons. The Hall–Kier alpha value is -3.65. The van der Waals surface area contributed by atoms with E-state index < -0.39 is 18.2 Å². The number of piperidine rings is 1. The summed E-state index contributed by atoms with van der Waals surface area (Å²) in [6, 6.07) is 19.7. The van der Waals surface area contributed by atoms with E-state index in [9.17, 15) is 14.4 Å². The Morgan fingerprint density at radius 1 is 0.943 bits per heavy atom. The molecule has 0 aliphatic carbocycles. The van der Waals surface area contributed by atoms with Crippen LogP contribution < -0.4 is 5.32 Å². The number of thiophene rings is 1. The van der Waals surface area contributed by atoms with Gasteiger partial charge in [0, 0.05) is 18.8 Å². The van der Waals surface area contributed by atoms with Gasteiger partial charge in [-0.25, -0.2) is 4.79 Å². The first-order chi connectivity index (χ1) is 17.1.